The number of hydrogen-bond donors (Lipinski definition) is 2. The lowest BCUT2D eigenvalue weighted by Crippen LogP contribution is -2.40. The number of carbonyl (C=O) groups is 1. The Morgan fingerprint density at radius 3 is 2.89 bits per heavy atom. The van der Waals surface area contributed by atoms with E-state index < -0.39 is 0 Å². The van der Waals surface area contributed by atoms with Gasteiger partial charge in [-0.3, -0.25) is 14.7 Å². The molecule has 98 valence electrons. The maximum absolute atomic E-state index is 11.8. The Morgan fingerprint density at radius 2 is 2.22 bits per heavy atom. The van der Waals surface area contributed by atoms with Crippen molar-refractivity contribution in [3.63, 3.8) is 0 Å². The lowest BCUT2D eigenvalue weighted by atomic mass is 10.3. The molecule has 1 atom stereocenters. The first kappa shape index (κ1) is 12.8. The van der Waals surface area contributed by atoms with Crippen LogP contribution < -0.4 is 11.1 Å². The average molecular weight is 249 g/mol. The Hall–Kier alpha value is -1.69. The van der Waals surface area contributed by atoms with Crippen LogP contribution in [0.3, 0.4) is 0 Å². The Kier molecular flexibility index (Phi) is 4.09. The van der Waals surface area contributed by atoms with E-state index in [2.05, 4.69) is 27.1 Å². The van der Waals surface area contributed by atoms with Crippen molar-refractivity contribution in [1.82, 2.24) is 20.2 Å². The highest BCUT2D eigenvalue weighted by Crippen LogP contribution is 2.10. The highest BCUT2D eigenvalue weighted by molar-refractivity contribution is 5.92. The van der Waals surface area contributed by atoms with Crippen molar-refractivity contribution in [3.8, 4) is 0 Å². The second kappa shape index (κ2) is 5.77. The monoisotopic (exact) mass is 249 g/mol. The molecule has 6 heteroatoms. The molecule has 18 heavy (non-hydrogen) atoms. The fraction of sp³-hybridized carbons (Fsp3) is 0.583. The third-order valence-electron chi connectivity index (χ3n) is 3.21. The summed E-state index contributed by atoms with van der Waals surface area (Å²) in [5.74, 6) is 0.0380. The molecule has 0 spiro atoms. The number of carbonyl (C=O) groups excluding carboxylic acids is 1. The smallest absolute Gasteiger partial charge is 0.271 e. The molecule has 1 amide bonds. The molecule has 1 aromatic heterocycles. The minimum absolute atomic E-state index is 0.221. The maximum atomic E-state index is 11.8. The van der Waals surface area contributed by atoms with E-state index in [4.69, 9.17) is 5.73 Å². The number of nitrogens with one attached hydrogen (secondary N) is 1. The molecule has 0 saturated carbocycles. The van der Waals surface area contributed by atoms with Gasteiger partial charge in [-0.2, -0.15) is 0 Å². The summed E-state index contributed by atoms with van der Waals surface area (Å²) in [4.78, 5) is 22.0. The van der Waals surface area contributed by atoms with Gasteiger partial charge in [0, 0.05) is 12.6 Å². The molecule has 3 N–H and O–H groups in total. The Labute approximate surface area is 107 Å². The van der Waals surface area contributed by atoms with Gasteiger partial charge in [0.25, 0.3) is 5.91 Å². The van der Waals surface area contributed by atoms with Crippen LogP contribution in [0.4, 0.5) is 5.82 Å². The molecule has 0 bridgehead atoms. The lowest BCUT2D eigenvalue weighted by Gasteiger charge is -2.23. The van der Waals surface area contributed by atoms with Gasteiger partial charge in [-0.15, -0.1) is 0 Å². The number of nitrogens with two attached hydrogens (primary N) is 1. The molecule has 1 aromatic rings. The molecular formula is C12H19N5O. The molecule has 1 aliphatic heterocycles. The molecular weight excluding hydrogens is 230 g/mol. The van der Waals surface area contributed by atoms with E-state index in [1.54, 1.807) is 0 Å². The SMILES string of the molecule is CC(CNC(=O)c1cncc(N)n1)N1CCCC1. The van der Waals surface area contributed by atoms with E-state index in [9.17, 15) is 4.79 Å². The van der Waals surface area contributed by atoms with Gasteiger partial charge in [0.2, 0.25) is 0 Å². The minimum Gasteiger partial charge on any atom is -0.382 e. The van der Waals surface area contributed by atoms with Gasteiger partial charge in [-0.1, -0.05) is 0 Å². The van der Waals surface area contributed by atoms with Gasteiger partial charge in [0.15, 0.2) is 0 Å². The van der Waals surface area contributed by atoms with Gasteiger partial charge in [-0.05, 0) is 32.9 Å². The van der Waals surface area contributed by atoms with E-state index >= 15 is 0 Å². The van der Waals surface area contributed by atoms with E-state index in [1.807, 2.05) is 0 Å². The number of rotatable bonds is 4. The molecule has 0 aliphatic carbocycles. The van der Waals surface area contributed by atoms with Crippen LogP contribution in [0.25, 0.3) is 0 Å². The van der Waals surface area contributed by atoms with E-state index in [0.29, 0.717) is 12.6 Å². The predicted octanol–water partition coefficient (Wildman–Crippen LogP) is 0.273. The topological polar surface area (TPSA) is 84.1 Å². The van der Waals surface area contributed by atoms with Crippen LogP contribution in [0.5, 0.6) is 0 Å². The van der Waals surface area contributed by atoms with Crippen molar-refractivity contribution < 1.29 is 4.79 Å². The number of likely N-dealkylation sites (tertiary alicyclic amines) is 1. The molecule has 1 aliphatic rings. The fourth-order valence-corrected chi connectivity index (χ4v) is 2.13. The van der Waals surface area contributed by atoms with Crippen LogP contribution in [0.15, 0.2) is 12.4 Å². The van der Waals surface area contributed by atoms with Crippen LogP contribution in [0, 0.1) is 0 Å². The van der Waals surface area contributed by atoms with E-state index in [-0.39, 0.29) is 17.4 Å². The zero-order chi connectivity index (χ0) is 13.0. The maximum Gasteiger partial charge on any atom is 0.271 e. The molecule has 1 saturated heterocycles. The molecule has 1 fully saturated rings. The number of amides is 1. The minimum atomic E-state index is -0.221. The molecule has 0 radical (unpaired) electrons. The van der Waals surface area contributed by atoms with Gasteiger partial charge in [0.1, 0.15) is 11.5 Å². The summed E-state index contributed by atoms with van der Waals surface area (Å²) < 4.78 is 0. The van der Waals surface area contributed by atoms with Crippen LogP contribution in [-0.2, 0) is 0 Å². The number of hydrogen-bond acceptors (Lipinski definition) is 5. The van der Waals surface area contributed by atoms with Crippen LogP contribution >= 0.6 is 0 Å². The Morgan fingerprint density at radius 1 is 1.50 bits per heavy atom. The molecule has 0 aromatic carbocycles. The van der Waals surface area contributed by atoms with Crippen LogP contribution in [0.1, 0.15) is 30.3 Å². The van der Waals surface area contributed by atoms with Gasteiger partial charge >= 0.3 is 0 Å². The summed E-state index contributed by atoms with van der Waals surface area (Å²) in [6.07, 6.45) is 5.34. The number of nitrogen functional groups attached to an aromatic ring is 1. The number of aromatic nitrogens is 2. The van der Waals surface area contributed by atoms with Gasteiger partial charge < -0.3 is 11.1 Å². The number of nitrogens with zero attached hydrogens (tertiary/aromatic N) is 3. The zero-order valence-corrected chi connectivity index (χ0v) is 10.6. The Bertz CT molecular complexity index is 417. The first-order chi connectivity index (χ1) is 8.66. The first-order valence-corrected chi connectivity index (χ1v) is 6.26. The quantitative estimate of drug-likeness (QED) is 0.800. The van der Waals surface area contributed by atoms with Crippen molar-refractivity contribution in [2.75, 3.05) is 25.4 Å². The first-order valence-electron chi connectivity index (χ1n) is 6.26. The standard InChI is InChI=1S/C12H19N5O/c1-9(17-4-2-3-5-17)6-15-12(18)10-7-14-8-11(13)16-10/h7-9H,2-6H2,1H3,(H2,13,16)(H,15,18). The summed E-state index contributed by atoms with van der Waals surface area (Å²) in [6, 6.07) is 0.352. The van der Waals surface area contributed by atoms with Crippen molar-refractivity contribution in [3.05, 3.63) is 18.1 Å². The van der Waals surface area contributed by atoms with Crippen molar-refractivity contribution in [1.29, 1.82) is 0 Å². The predicted molar refractivity (Wildman–Crippen MR) is 69.0 cm³/mol. The second-order valence-corrected chi connectivity index (χ2v) is 4.63. The third-order valence-corrected chi connectivity index (χ3v) is 3.21. The highest BCUT2D eigenvalue weighted by Gasteiger charge is 2.18. The lowest BCUT2D eigenvalue weighted by molar-refractivity contribution is 0.0935. The molecule has 1 unspecified atom stereocenters. The summed E-state index contributed by atoms with van der Waals surface area (Å²) >= 11 is 0. The summed E-state index contributed by atoms with van der Waals surface area (Å²) in [5, 5.41) is 2.86. The summed E-state index contributed by atoms with van der Waals surface area (Å²) in [7, 11) is 0. The Balaban J connectivity index is 1.84. The van der Waals surface area contributed by atoms with Gasteiger partial charge in [0.05, 0.1) is 12.4 Å². The number of anilines is 1. The van der Waals surface area contributed by atoms with Crippen molar-refractivity contribution >= 4 is 11.7 Å². The third kappa shape index (κ3) is 3.16. The molecule has 2 rings (SSSR count). The average Bonchev–Trinajstić information content (AvgIpc) is 2.89. The molecule has 6 nitrogen and oxygen atoms in total. The normalized spacial score (nSPS) is 17.6. The van der Waals surface area contributed by atoms with Gasteiger partial charge in [-0.25, -0.2) is 4.98 Å². The highest BCUT2D eigenvalue weighted by atomic mass is 16.1. The van der Waals surface area contributed by atoms with E-state index in [0.717, 1.165) is 13.1 Å². The summed E-state index contributed by atoms with van der Waals surface area (Å²) in [6.45, 7) is 4.98. The zero-order valence-electron chi connectivity index (χ0n) is 10.6. The summed E-state index contributed by atoms with van der Waals surface area (Å²) in [5.41, 5.74) is 5.76. The largest absolute Gasteiger partial charge is 0.382 e. The van der Waals surface area contributed by atoms with E-state index in [1.165, 1.54) is 25.2 Å². The second-order valence-electron chi connectivity index (χ2n) is 4.63. The molecule has 2 heterocycles. The van der Waals surface area contributed by atoms with Crippen LogP contribution in [0.2, 0.25) is 0 Å². The van der Waals surface area contributed by atoms with Crippen molar-refractivity contribution in [2.24, 2.45) is 0 Å². The fourth-order valence-electron chi connectivity index (χ4n) is 2.13. The van der Waals surface area contributed by atoms with Crippen molar-refractivity contribution in [2.45, 2.75) is 25.8 Å². The van der Waals surface area contributed by atoms with Crippen LogP contribution in [-0.4, -0.2) is 46.5 Å².